The Morgan fingerprint density at radius 1 is 1.22 bits per heavy atom. The van der Waals surface area contributed by atoms with Crippen LogP contribution in [-0.4, -0.2) is 11.0 Å². The van der Waals surface area contributed by atoms with Gasteiger partial charge in [-0.05, 0) is 43.3 Å². The summed E-state index contributed by atoms with van der Waals surface area (Å²) in [7, 11) is 0. The van der Waals surface area contributed by atoms with Gasteiger partial charge in [0.05, 0.1) is 0 Å². The normalized spacial score (nSPS) is 10.9. The third-order valence-electron chi connectivity index (χ3n) is 2.76. The number of aryl methyl sites for hydroxylation is 1. The topological polar surface area (TPSA) is 41.1 Å². The Bertz CT molecular complexity index is 475. The van der Waals surface area contributed by atoms with E-state index in [4.69, 9.17) is 12.2 Å². The van der Waals surface area contributed by atoms with Crippen molar-refractivity contribution in [1.29, 1.82) is 0 Å². The lowest BCUT2D eigenvalue weighted by Gasteiger charge is -2.19. The number of anilines is 1. The van der Waals surface area contributed by atoms with Crippen LogP contribution < -0.4 is 10.6 Å². The SMILES string of the molecule is Cc1cccc(NC(=S)NC(=O)C(C)(C)C)c1C. The van der Waals surface area contributed by atoms with E-state index < -0.39 is 5.41 Å². The molecule has 0 unspecified atom stereocenters. The van der Waals surface area contributed by atoms with Crippen LogP contribution in [0.25, 0.3) is 0 Å². The number of nitrogens with one attached hydrogen (secondary N) is 2. The molecule has 1 rings (SSSR count). The third kappa shape index (κ3) is 3.81. The highest BCUT2D eigenvalue weighted by atomic mass is 32.1. The summed E-state index contributed by atoms with van der Waals surface area (Å²) in [6.07, 6.45) is 0. The van der Waals surface area contributed by atoms with Crippen molar-refractivity contribution >= 4 is 28.9 Å². The fourth-order valence-corrected chi connectivity index (χ4v) is 1.53. The van der Waals surface area contributed by atoms with Gasteiger partial charge in [0.2, 0.25) is 5.91 Å². The molecule has 0 fully saturated rings. The van der Waals surface area contributed by atoms with Crippen LogP contribution in [0.2, 0.25) is 0 Å². The summed E-state index contributed by atoms with van der Waals surface area (Å²) in [5, 5.41) is 6.09. The Hall–Kier alpha value is -1.42. The fraction of sp³-hybridized carbons (Fsp3) is 0.429. The Labute approximate surface area is 114 Å². The quantitative estimate of drug-likeness (QED) is 0.766. The maximum Gasteiger partial charge on any atom is 0.231 e. The molecule has 0 atom stereocenters. The van der Waals surface area contributed by atoms with Gasteiger partial charge in [-0.15, -0.1) is 0 Å². The van der Waals surface area contributed by atoms with Crippen molar-refractivity contribution in [3.8, 4) is 0 Å². The zero-order valence-electron chi connectivity index (χ0n) is 11.5. The zero-order valence-corrected chi connectivity index (χ0v) is 12.4. The van der Waals surface area contributed by atoms with E-state index in [0.717, 1.165) is 11.3 Å². The van der Waals surface area contributed by atoms with Crippen molar-refractivity contribution in [2.45, 2.75) is 34.6 Å². The van der Waals surface area contributed by atoms with Crippen LogP contribution >= 0.6 is 12.2 Å². The van der Waals surface area contributed by atoms with E-state index in [-0.39, 0.29) is 5.91 Å². The van der Waals surface area contributed by atoms with Gasteiger partial charge in [0.1, 0.15) is 0 Å². The molecule has 0 saturated heterocycles. The van der Waals surface area contributed by atoms with Crippen molar-refractivity contribution in [3.05, 3.63) is 29.3 Å². The van der Waals surface area contributed by atoms with Crippen LogP contribution in [0, 0.1) is 19.3 Å². The molecule has 1 aromatic carbocycles. The van der Waals surface area contributed by atoms with Gasteiger partial charge in [-0.2, -0.15) is 0 Å². The molecule has 98 valence electrons. The number of carbonyl (C=O) groups is 1. The second-order valence-electron chi connectivity index (χ2n) is 5.41. The average molecular weight is 264 g/mol. The monoisotopic (exact) mass is 264 g/mol. The van der Waals surface area contributed by atoms with Gasteiger partial charge >= 0.3 is 0 Å². The number of thiocarbonyl (C=S) groups is 1. The third-order valence-corrected chi connectivity index (χ3v) is 2.97. The number of benzene rings is 1. The summed E-state index contributed by atoms with van der Waals surface area (Å²) in [4.78, 5) is 11.8. The molecule has 0 bridgehead atoms. The van der Waals surface area contributed by atoms with E-state index in [1.54, 1.807) is 0 Å². The molecular weight excluding hydrogens is 244 g/mol. The van der Waals surface area contributed by atoms with Crippen molar-refractivity contribution < 1.29 is 4.79 Å². The summed E-state index contributed by atoms with van der Waals surface area (Å²) < 4.78 is 0. The minimum atomic E-state index is -0.451. The number of hydrogen-bond acceptors (Lipinski definition) is 2. The lowest BCUT2D eigenvalue weighted by atomic mass is 9.96. The molecule has 0 saturated carbocycles. The number of carbonyl (C=O) groups excluding carboxylic acids is 1. The molecular formula is C14H20N2OS. The van der Waals surface area contributed by atoms with Gasteiger partial charge in [0.25, 0.3) is 0 Å². The fourth-order valence-electron chi connectivity index (χ4n) is 1.33. The van der Waals surface area contributed by atoms with Gasteiger partial charge in [-0.1, -0.05) is 32.9 Å². The molecule has 2 N–H and O–H groups in total. The lowest BCUT2D eigenvalue weighted by molar-refractivity contribution is -0.126. The molecule has 4 heteroatoms. The number of rotatable bonds is 1. The first-order valence-corrected chi connectivity index (χ1v) is 6.31. The maximum absolute atomic E-state index is 11.8. The van der Waals surface area contributed by atoms with E-state index >= 15 is 0 Å². The molecule has 0 aliphatic rings. The molecule has 1 amide bonds. The van der Waals surface area contributed by atoms with E-state index in [1.165, 1.54) is 5.56 Å². The van der Waals surface area contributed by atoms with Crippen molar-refractivity contribution in [2.75, 3.05) is 5.32 Å². The molecule has 0 spiro atoms. The molecule has 3 nitrogen and oxygen atoms in total. The van der Waals surface area contributed by atoms with E-state index in [9.17, 15) is 4.79 Å². The molecule has 1 aromatic rings. The van der Waals surface area contributed by atoms with Gasteiger partial charge in [-0.25, -0.2) is 0 Å². The molecule has 0 aliphatic heterocycles. The van der Waals surface area contributed by atoms with E-state index in [0.29, 0.717) is 5.11 Å². The van der Waals surface area contributed by atoms with Crippen LogP contribution in [0.5, 0.6) is 0 Å². The minimum absolute atomic E-state index is 0.0923. The maximum atomic E-state index is 11.8. The first-order valence-electron chi connectivity index (χ1n) is 5.90. The van der Waals surface area contributed by atoms with Crippen LogP contribution in [0.4, 0.5) is 5.69 Å². The van der Waals surface area contributed by atoms with Gasteiger partial charge in [-0.3, -0.25) is 4.79 Å². The summed E-state index contributed by atoms with van der Waals surface area (Å²) in [6, 6.07) is 5.94. The summed E-state index contributed by atoms with van der Waals surface area (Å²) >= 11 is 5.14. The Morgan fingerprint density at radius 2 is 1.83 bits per heavy atom. The second-order valence-corrected chi connectivity index (χ2v) is 5.81. The predicted molar refractivity (Wildman–Crippen MR) is 79.7 cm³/mol. The standard InChI is InChI=1S/C14H20N2OS/c1-9-7-6-8-11(10(9)2)15-13(18)16-12(17)14(3,4)5/h6-8H,1-5H3,(H2,15,16,17,18). The number of hydrogen-bond donors (Lipinski definition) is 2. The van der Waals surface area contributed by atoms with Crippen molar-refractivity contribution in [3.63, 3.8) is 0 Å². The van der Waals surface area contributed by atoms with Gasteiger partial charge in [0.15, 0.2) is 5.11 Å². The van der Waals surface area contributed by atoms with E-state index in [2.05, 4.69) is 10.6 Å². The highest BCUT2D eigenvalue weighted by Gasteiger charge is 2.22. The molecule has 0 aromatic heterocycles. The minimum Gasteiger partial charge on any atom is -0.332 e. The van der Waals surface area contributed by atoms with Crippen LogP contribution in [0.3, 0.4) is 0 Å². The summed E-state index contributed by atoms with van der Waals surface area (Å²) in [6.45, 7) is 9.61. The highest BCUT2D eigenvalue weighted by Crippen LogP contribution is 2.18. The molecule has 0 radical (unpaired) electrons. The smallest absolute Gasteiger partial charge is 0.231 e. The zero-order chi connectivity index (χ0) is 13.9. The summed E-state index contributed by atoms with van der Waals surface area (Å²) in [5.41, 5.74) is 2.79. The van der Waals surface area contributed by atoms with Crippen LogP contribution in [-0.2, 0) is 4.79 Å². The lowest BCUT2D eigenvalue weighted by Crippen LogP contribution is -2.41. The largest absolute Gasteiger partial charge is 0.332 e. The Morgan fingerprint density at radius 3 is 2.39 bits per heavy atom. The first kappa shape index (κ1) is 14.6. The van der Waals surface area contributed by atoms with Crippen LogP contribution in [0.1, 0.15) is 31.9 Å². The number of amides is 1. The van der Waals surface area contributed by atoms with Gasteiger partial charge in [0, 0.05) is 11.1 Å². The van der Waals surface area contributed by atoms with Gasteiger partial charge < -0.3 is 10.6 Å². The average Bonchev–Trinajstić information content (AvgIpc) is 2.23. The Kier molecular flexibility index (Phi) is 4.46. The second kappa shape index (κ2) is 5.48. The molecule has 0 aliphatic carbocycles. The first-order chi connectivity index (χ1) is 8.21. The Balaban J connectivity index is 2.72. The highest BCUT2D eigenvalue weighted by molar-refractivity contribution is 7.80. The van der Waals surface area contributed by atoms with Crippen molar-refractivity contribution in [1.82, 2.24) is 5.32 Å². The predicted octanol–water partition coefficient (Wildman–Crippen LogP) is 3.16. The van der Waals surface area contributed by atoms with Crippen molar-refractivity contribution in [2.24, 2.45) is 5.41 Å². The van der Waals surface area contributed by atoms with E-state index in [1.807, 2.05) is 52.8 Å². The molecule has 0 heterocycles. The molecule has 18 heavy (non-hydrogen) atoms. The summed E-state index contributed by atoms with van der Waals surface area (Å²) in [5.74, 6) is -0.0923. The van der Waals surface area contributed by atoms with Crippen LogP contribution in [0.15, 0.2) is 18.2 Å².